The molecule has 0 saturated carbocycles. The molecule has 0 bridgehead atoms. The number of carbonyl (C=O) groups excluding carboxylic acids is 1. The van der Waals surface area contributed by atoms with Crippen molar-refractivity contribution in [3.8, 4) is 22.6 Å². The SMILES string of the molecule is O=C(c1ccc(Oc2ccccc2)cc1)c1cn(Cc2cnc[nH]2)cc1-c1cccc2ccccc12. The fraction of sp³-hybridized carbons (Fsp3) is 0.0323. The average molecular weight is 470 g/mol. The van der Waals surface area contributed by atoms with Crippen LogP contribution in [0.25, 0.3) is 21.9 Å². The van der Waals surface area contributed by atoms with Crippen LogP contribution in [0.4, 0.5) is 0 Å². The lowest BCUT2D eigenvalue weighted by atomic mass is 9.94. The molecule has 0 aliphatic rings. The largest absolute Gasteiger partial charge is 0.457 e. The summed E-state index contributed by atoms with van der Waals surface area (Å²) in [5.74, 6) is 1.40. The molecule has 0 atom stereocenters. The Bertz CT molecular complexity index is 1630. The highest BCUT2D eigenvalue weighted by Crippen LogP contribution is 2.33. The van der Waals surface area contributed by atoms with Gasteiger partial charge in [0, 0.05) is 35.3 Å². The van der Waals surface area contributed by atoms with Crippen molar-refractivity contribution in [2.24, 2.45) is 0 Å². The number of imidazole rings is 1. The van der Waals surface area contributed by atoms with E-state index in [1.807, 2.05) is 89.8 Å². The second-order valence-electron chi connectivity index (χ2n) is 8.63. The van der Waals surface area contributed by atoms with Crippen LogP contribution >= 0.6 is 0 Å². The number of ether oxygens (including phenoxy) is 1. The van der Waals surface area contributed by atoms with E-state index >= 15 is 0 Å². The smallest absolute Gasteiger partial charge is 0.195 e. The Morgan fingerprint density at radius 2 is 1.53 bits per heavy atom. The van der Waals surface area contributed by atoms with E-state index in [0.29, 0.717) is 23.4 Å². The van der Waals surface area contributed by atoms with Crippen molar-refractivity contribution >= 4 is 16.6 Å². The number of carbonyl (C=O) groups is 1. The molecule has 0 radical (unpaired) electrons. The second kappa shape index (κ2) is 9.39. The van der Waals surface area contributed by atoms with Gasteiger partial charge in [-0.2, -0.15) is 0 Å². The molecule has 0 saturated heterocycles. The van der Waals surface area contributed by atoms with Gasteiger partial charge in [0.05, 0.1) is 18.6 Å². The maximum absolute atomic E-state index is 13.8. The van der Waals surface area contributed by atoms with Gasteiger partial charge in [-0.3, -0.25) is 4.79 Å². The van der Waals surface area contributed by atoms with Crippen molar-refractivity contribution in [2.75, 3.05) is 0 Å². The number of aromatic amines is 1. The number of para-hydroxylation sites is 1. The van der Waals surface area contributed by atoms with Crippen molar-refractivity contribution in [3.05, 3.63) is 139 Å². The average Bonchev–Trinajstić information content (AvgIpc) is 3.59. The standard InChI is InChI=1S/C31H23N3O2/c35-31(23-13-15-26(16-14-23)36-25-9-2-1-3-10-25)30-20-34(18-24-17-32-21-33-24)19-29(30)28-12-6-8-22-7-4-5-11-27(22)28/h1-17,19-21H,18H2,(H,32,33). The Morgan fingerprint density at radius 3 is 2.33 bits per heavy atom. The summed E-state index contributed by atoms with van der Waals surface area (Å²) < 4.78 is 7.93. The third-order valence-electron chi connectivity index (χ3n) is 6.21. The predicted octanol–water partition coefficient (Wildman–Crippen LogP) is 7.10. The number of H-pyrrole nitrogens is 1. The Labute approximate surface area is 208 Å². The van der Waals surface area contributed by atoms with E-state index in [9.17, 15) is 4.79 Å². The summed E-state index contributed by atoms with van der Waals surface area (Å²) in [5, 5.41) is 2.25. The van der Waals surface area contributed by atoms with Crippen LogP contribution < -0.4 is 4.74 Å². The third kappa shape index (κ3) is 4.30. The fourth-order valence-electron chi connectivity index (χ4n) is 4.48. The van der Waals surface area contributed by atoms with E-state index in [1.54, 1.807) is 12.5 Å². The van der Waals surface area contributed by atoms with E-state index < -0.39 is 0 Å². The quantitative estimate of drug-likeness (QED) is 0.254. The Kier molecular flexibility index (Phi) is 5.64. The summed E-state index contributed by atoms with van der Waals surface area (Å²) in [4.78, 5) is 21.0. The summed E-state index contributed by atoms with van der Waals surface area (Å²) in [6.45, 7) is 0.592. The highest BCUT2D eigenvalue weighted by molar-refractivity contribution is 6.14. The van der Waals surface area contributed by atoms with E-state index in [0.717, 1.165) is 33.3 Å². The number of rotatable bonds is 7. The lowest BCUT2D eigenvalue weighted by Gasteiger charge is -2.09. The van der Waals surface area contributed by atoms with Crippen molar-refractivity contribution in [3.63, 3.8) is 0 Å². The Morgan fingerprint density at radius 1 is 0.778 bits per heavy atom. The summed E-state index contributed by atoms with van der Waals surface area (Å²) in [5.41, 5.74) is 4.17. The monoisotopic (exact) mass is 469 g/mol. The van der Waals surface area contributed by atoms with Gasteiger partial charge < -0.3 is 14.3 Å². The Balaban J connectivity index is 1.38. The zero-order valence-electron chi connectivity index (χ0n) is 19.5. The van der Waals surface area contributed by atoms with E-state index in [2.05, 4.69) is 34.2 Å². The van der Waals surface area contributed by atoms with Gasteiger partial charge in [0.15, 0.2) is 5.78 Å². The molecule has 36 heavy (non-hydrogen) atoms. The first-order valence-electron chi connectivity index (χ1n) is 11.8. The van der Waals surface area contributed by atoms with Gasteiger partial charge >= 0.3 is 0 Å². The normalized spacial score (nSPS) is 11.0. The van der Waals surface area contributed by atoms with Gasteiger partial charge in [0.2, 0.25) is 0 Å². The topological polar surface area (TPSA) is 59.9 Å². The lowest BCUT2D eigenvalue weighted by Crippen LogP contribution is -2.02. The van der Waals surface area contributed by atoms with Crippen molar-refractivity contribution in [1.82, 2.24) is 14.5 Å². The number of fused-ring (bicyclic) bond motifs is 1. The predicted molar refractivity (Wildman–Crippen MR) is 141 cm³/mol. The number of benzene rings is 4. The molecule has 0 aliphatic heterocycles. The molecule has 5 nitrogen and oxygen atoms in total. The van der Waals surface area contributed by atoms with Gasteiger partial charge in [-0.25, -0.2) is 4.98 Å². The highest BCUT2D eigenvalue weighted by atomic mass is 16.5. The zero-order chi connectivity index (χ0) is 24.3. The molecule has 4 aromatic carbocycles. The fourth-order valence-corrected chi connectivity index (χ4v) is 4.48. The van der Waals surface area contributed by atoms with Gasteiger partial charge in [-0.1, -0.05) is 60.7 Å². The second-order valence-corrected chi connectivity index (χ2v) is 8.63. The minimum Gasteiger partial charge on any atom is -0.457 e. The van der Waals surface area contributed by atoms with Crippen LogP contribution in [-0.2, 0) is 6.54 Å². The number of ketones is 1. The number of nitrogens with zero attached hydrogens (tertiary/aromatic N) is 2. The highest BCUT2D eigenvalue weighted by Gasteiger charge is 2.19. The van der Waals surface area contributed by atoms with E-state index in [4.69, 9.17) is 4.74 Å². The molecule has 6 aromatic rings. The minimum atomic E-state index is -0.0347. The van der Waals surface area contributed by atoms with Crippen molar-refractivity contribution in [1.29, 1.82) is 0 Å². The molecule has 174 valence electrons. The molecule has 5 heteroatoms. The molecule has 1 N–H and O–H groups in total. The molecule has 2 heterocycles. The van der Waals surface area contributed by atoms with Crippen molar-refractivity contribution < 1.29 is 9.53 Å². The maximum Gasteiger partial charge on any atom is 0.195 e. The van der Waals surface area contributed by atoms with Crippen LogP contribution in [0.2, 0.25) is 0 Å². The van der Waals surface area contributed by atoms with Crippen LogP contribution in [0.15, 0.2) is 122 Å². The number of hydrogen-bond acceptors (Lipinski definition) is 3. The molecule has 0 aliphatic carbocycles. The van der Waals surface area contributed by atoms with Crippen LogP contribution in [-0.4, -0.2) is 20.3 Å². The molecule has 6 rings (SSSR count). The molecule has 0 unspecified atom stereocenters. The summed E-state index contributed by atoms with van der Waals surface area (Å²) in [6, 6.07) is 31.4. The Hall–Kier alpha value is -4.90. The van der Waals surface area contributed by atoms with Crippen LogP contribution in [0.5, 0.6) is 11.5 Å². The van der Waals surface area contributed by atoms with Crippen LogP contribution in [0.1, 0.15) is 21.6 Å². The number of aromatic nitrogens is 3. The molecule has 0 amide bonds. The molecule has 0 spiro atoms. The van der Waals surface area contributed by atoms with Gasteiger partial charge in [-0.05, 0) is 52.7 Å². The van der Waals surface area contributed by atoms with Crippen LogP contribution in [0.3, 0.4) is 0 Å². The van der Waals surface area contributed by atoms with E-state index in [1.165, 1.54) is 0 Å². The number of hydrogen-bond donors (Lipinski definition) is 1. The van der Waals surface area contributed by atoms with Crippen LogP contribution in [0, 0.1) is 0 Å². The van der Waals surface area contributed by atoms with Gasteiger partial charge in [0.25, 0.3) is 0 Å². The molecule has 2 aromatic heterocycles. The first-order valence-corrected chi connectivity index (χ1v) is 11.8. The lowest BCUT2D eigenvalue weighted by molar-refractivity contribution is 0.103. The third-order valence-corrected chi connectivity index (χ3v) is 6.21. The molecule has 0 fully saturated rings. The van der Waals surface area contributed by atoms with Gasteiger partial charge in [-0.15, -0.1) is 0 Å². The summed E-state index contributed by atoms with van der Waals surface area (Å²) in [7, 11) is 0. The van der Waals surface area contributed by atoms with Crippen molar-refractivity contribution in [2.45, 2.75) is 6.54 Å². The van der Waals surface area contributed by atoms with E-state index in [-0.39, 0.29) is 5.78 Å². The first-order chi connectivity index (χ1) is 17.7. The maximum atomic E-state index is 13.8. The number of nitrogens with one attached hydrogen (secondary N) is 1. The summed E-state index contributed by atoms with van der Waals surface area (Å²) in [6.07, 6.45) is 7.43. The van der Waals surface area contributed by atoms with Gasteiger partial charge in [0.1, 0.15) is 11.5 Å². The zero-order valence-corrected chi connectivity index (χ0v) is 19.5. The summed E-state index contributed by atoms with van der Waals surface area (Å²) >= 11 is 0. The minimum absolute atomic E-state index is 0.0347. The molecular formula is C31H23N3O2. The molecular weight excluding hydrogens is 446 g/mol. The first kappa shape index (κ1) is 21.6.